The maximum absolute atomic E-state index is 12.2. The second-order valence-electron chi connectivity index (χ2n) is 5.60. The van der Waals surface area contributed by atoms with Gasteiger partial charge in [0.15, 0.2) is 0 Å². The molecule has 1 aromatic rings. The summed E-state index contributed by atoms with van der Waals surface area (Å²) in [5, 5.41) is 11.6. The molecule has 0 aliphatic heterocycles. The first-order valence-corrected chi connectivity index (χ1v) is 7.41. The van der Waals surface area contributed by atoms with Crippen LogP contribution in [0, 0.1) is 0 Å². The summed E-state index contributed by atoms with van der Waals surface area (Å²) in [5.74, 6) is -0.877. The Kier molecular flexibility index (Phi) is 5.20. The lowest BCUT2D eigenvalue weighted by Gasteiger charge is -2.31. The molecular formula is C16H22N2O3. The molecule has 1 aliphatic rings. The highest BCUT2D eigenvalue weighted by molar-refractivity contribution is 5.89. The lowest BCUT2D eigenvalue weighted by Crippen LogP contribution is -2.40. The summed E-state index contributed by atoms with van der Waals surface area (Å²) in [6.07, 6.45) is 5.68. The van der Waals surface area contributed by atoms with E-state index in [0.717, 1.165) is 12.8 Å². The van der Waals surface area contributed by atoms with Crippen LogP contribution in [0.4, 0.5) is 10.5 Å². The monoisotopic (exact) mass is 290 g/mol. The Morgan fingerprint density at radius 2 is 2.00 bits per heavy atom. The van der Waals surface area contributed by atoms with E-state index >= 15 is 0 Å². The summed E-state index contributed by atoms with van der Waals surface area (Å²) in [6.45, 7) is 0. The molecule has 1 aromatic carbocycles. The van der Waals surface area contributed by atoms with Crippen molar-refractivity contribution < 1.29 is 14.7 Å². The normalized spacial score (nSPS) is 15.5. The largest absolute Gasteiger partial charge is 0.481 e. The molecule has 0 bridgehead atoms. The number of carbonyl (C=O) groups is 2. The Morgan fingerprint density at radius 3 is 2.67 bits per heavy atom. The van der Waals surface area contributed by atoms with E-state index in [2.05, 4.69) is 5.32 Å². The maximum Gasteiger partial charge on any atom is 0.321 e. The van der Waals surface area contributed by atoms with Gasteiger partial charge in [-0.25, -0.2) is 4.79 Å². The second kappa shape index (κ2) is 7.11. The van der Waals surface area contributed by atoms with Crippen molar-refractivity contribution in [2.24, 2.45) is 0 Å². The molecule has 0 atom stereocenters. The molecule has 0 radical (unpaired) electrons. The van der Waals surface area contributed by atoms with Crippen LogP contribution in [0.3, 0.4) is 0 Å². The molecule has 2 amide bonds. The first-order chi connectivity index (χ1) is 10.1. The molecule has 21 heavy (non-hydrogen) atoms. The minimum Gasteiger partial charge on any atom is -0.481 e. The molecule has 1 saturated carbocycles. The number of nitrogens with zero attached hydrogens (tertiary/aromatic N) is 1. The molecular weight excluding hydrogens is 268 g/mol. The predicted octanol–water partition coefficient (Wildman–Crippen LogP) is 3.11. The minimum absolute atomic E-state index is 0.0395. The van der Waals surface area contributed by atoms with Crippen LogP contribution in [0.25, 0.3) is 0 Å². The number of hydrogen-bond donors (Lipinski definition) is 2. The molecule has 114 valence electrons. The van der Waals surface area contributed by atoms with Crippen molar-refractivity contribution >= 4 is 17.7 Å². The topological polar surface area (TPSA) is 69.6 Å². The van der Waals surface area contributed by atoms with Gasteiger partial charge in [-0.2, -0.15) is 0 Å². The van der Waals surface area contributed by atoms with Gasteiger partial charge in [0.2, 0.25) is 0 Å². The number of hydrogen-bond acceptors (Lipinski definition) is 2. The lowest BCUT2D eigenvalue weighted by atomic mass is 9.95. The third-order valence-corrected chi connectivity index (χ3v) is 3.98. The van der Waals surface area contributed by atoms with Crippen molar-refractivity contribution in [3.63, 3.8) is 0 Å². The zero-order chi connectivity index (χ0) is 15.2. The van der Waals surface area contributed by atoms with Crippen LogP contribution in [0.2, 0.25) is 0 Å². The number of carbonyl (C=O) groups excluding carboxylic acids is 1. The average molecular weight is 290 g/mol. The van der Waals surface area contributed by atoms with Crippen LogP contribution in [-0.4, -0.2) is 35.1 Å². The fourth-order valence-corrected chi connectivity index (χ4v) is 2.78. The predicted molar refractivity (Wildman–Crippen MR) is 81.4 cm³/mol. The van der Waals surface area contributed by atoms with E-state index in [1.165, 1.54) is 19.3 Å². The summed E-state index contributed by atoms with van der Waals surface area (Å²) in [7, 11) is 1.83. The number of urea groups is 1. The quantitative estimate of drug-likeness (QED) is 0.895. The van der Waals surface area contributed by atoms with Gasteiger partial charge in [-0.05, 0) is 30.5 Å². The number of benzene rings is 1. The molecule has 0 heterocycles. The maximum atomic E-state index is 12.2. The molecule has 1 aliphatic carbocycles. The van der Waals surface area contributed by atoms with E-state index in [-0.39, 0.29) is 12.5 Å². The van der Waals surface area contributed by atoms with Gasteiger partial charge in [0, 0.05) is 18.8 Å². The number of carboxylic acids is 1. The molecule has 5 heteroatoms. The number of anilines is 1. The molecule has 0 saturated heterocycles. The number of rotatable bonds is 4. The van der Waals surface area contributed by atoms with Crippen LogP contribution in [-0.2, 0) is 11.2 Å². The van der Waals surface area contributed by atoms with Crippen LogP contribution >= 0.6 is 0 Å². The van der Waals surface area contributed by atoms with E-state index in [1.807, 2.05) is 7.05 Å². The molecule has 0 spiro atoms. The Balaban J connectivity index is 1.96. The van der Waals surface area contributed by atoms with Crippen molar-refractivity contribution in [1.82, 2.24) is 4.90 Å². The molecule has 2 rings (SSSR count). The smallest absolute Gasteiger partial charge is 0.321 e. The van der Waals surface area contributed by atoms with Crippen LogP contribution in [0.5, 0.6) is 0 Å². The van der Waals surface area contributed by atoms with E-state index in [1.54, 1.807) is 29.2 Å². The fourth-order valence-electron chi connectivity index (χ4n) is 2.78. The zero-order valence-electron chi connectivity index (χ0n) is 12.3. The van der Waals surface area contributed by atoms with Crippen molar-refractivity contribution in [3.8, 4) is 0 Å². The van der Waals surface area contributed by atoms with E-state index in [9.17, 15) is 9.59 Å². The zero-order valence-corrected chi connectivity index (χ0v) is 12.3. The van der Waals surface area contributed by atoms with Gasteiger partial charge in [0.25, 0.3) is 0 Å². The van der Waals surface area contributed by atoms with Gasteiger partial charge in [-0.15, -0.1) is 0 Å². The van der Waals surface area contributed by atoms with Crippen molar-refractivity contribution in [2.75, 3.05) is 12.4 Å². The molecule has 1 fully saturated rings. The van der Waals surface area contributed by atoms with Gasteiger partial charge < -0.3 is 15.3 Å². The van der Waals surface area contributed by atoms with Gasteiger partial charge in [-0.3, -0.25) is 4.79 Å². The Hall–Kier alpha value is -2.04. The Labute approximate surface area is 125 Å². The first-order valence-electron chi connectivity index (χ1n) is 7.41. The molecule has 5 nitrogen and oxygen atoms in total. The Morgan fingerprint density at radius 1 is 1.29 bits per heavy atom. The highest BCUT2D eigenvalue weighted by atomic mass is 16.4. The van der Waals surface area contributed by atoms with Gasteiger partial charge >= 0.3 is 12.0 Å². The summed E-state index contributed by atoms with van der Waals surface area (Å²) in [6, 6.07) is 7.16. The van der Waals surface area contributed by atoms with E-state index in [4.69, 9.17) is 5.11 Å². The third-order valence-electron chi connectivity index (χ3n) is 3.98. The van der Waals surface area contributed by atoms with E-state index in [0.29, 0.717) is 17.3 Å². The van der Waals surface area contributed by atoms with Crippen LogP contribution < -0.4 is 5.32 Å². The Bertz CT molecular complexity index is 510. The van der Waals surface area contributed by atoms with Crippen LogP contribution in [0.15, 0.2) is 24.3 Å². The first kappa shape index (κ1) is 15.4. The second-order valence-corrected chi connectivity index (χ2v) is 5.60. The molecule has 2 N–H and O–H groups in total. The summed E-state index contributed by atoms with van der Waals surface area (Å²) < 4.78 is 0. The van der Waals surface area contributed by atoms with Crippen molar-refractivity contribution in [1.29, 1.82) is 0 Å². The van der Waals surface area contributed by atoms with Crippen molar-refractivity contribution in [2.45, 2.75) is 44.6 Å². The minimum atomic E-state index is -0.877. The lowest BCUT2D eigenvalue weighted by molar-refractivity contribution is -0.136. The summed E-state index contributed by atoms with van der Waals surface area (Å²) in [4.78, 5) is 24.7. The molecule has 0 aromatic heterocycles. The third kappa shape index (κ3) is 4.48. The van der Waals surface area contributed by atoms with Gasteiger partial charge in [0.05, 0.1) is 6.42 Å². The number of amides is 2. The van der Waals surface area contributed by atoms with Gasteiger partial charge in [-0.1, -0.05) is 31.4 Å². The summed E-state index contributed by atoms with van der Waals surface area (Å²) >= 11 is 0. The fraction of sp³-hybridized carbons (Fsp3) is 0.500. The average Bonchev–Trinajstić information content (AvgIpc) is 2.47. The van der Waals surface area contributed by atoms with Crippen molar-refractivity contribution in [3.05, 3.63) is 29.8 Å². The molecule has 0 unspecified atom stereocenters. The standard InChI is InChI=1S/C16H22N2O3/c1-18(14-8-3-2-4-9-14)16(21)17-13-7-5-6-12(10-13)11-15(19)20/h5-7,10,14H,2-4,8-9,11H2,1H3,(H,17,21)(H,19,20). The van der Waals surface area contributed by atoms with Crippen LogP contribution in [0.1, 0.15) is 37.7 Å². The van der Waals surface area contributed by atoms with Gasteiger partial charge in [0.1, 0.15) is 0 Å². The SMILES string of the molecule is CN(C(=O)Nc1cccc(CC(=O)O)c1)C1CCCCC1. The highest BCUT2D eigenvalue weighted by Crippen LogP contribution is 2.22. The number of nitrogens with one attached hydrogen (secondary N) is 1. The van der Waals surface area contributed by atoms with E-state index < -0.39 is 5.97 Å². The number of aliphatic carboxylic acids is 1. The highest BCUT2D eigenvalue weighted by Gasteiger charge is 2.22. The summed E-state index contributed by atoms with van der Waals surface area (Å²) in [5.41, 5.74) is 1.32. The number of carboxylic acid groups (broad SMARTS) is 1.